The summed E-state index contributed by atoms with van der Waals surface area (Å²) in [5.41, 5.74) is -2.53. The lowest BCUT2D eigenvalue weighted by molar-refractivity contribution is -0.273. The molecule has 1 aliphatic rings. The molecule has 0 atom stereocenters. The van der Waals surface area contributed by atoms with Crippen molar-refractivity contribution in [1.82, 2.24) is 14.5 Å². The monoisotopic (exact) mass is 291 g/mol. The fourth-order valence-corrected chi connectivity index (χ4v) is 2.50. The lowest BCUT2D eigenvalue weighted by Gasteiger charge is -2.39. The van der Waals surface area contributed by atoms with Gasteiger partial charge in [-0.1, -0.05) is 0 Å². The molecule has 7 heteroatoms. The molecule has 1 fully saturated rings. The molecule has 1 aromatic rings. The maximum Gasteiger partial charge on any atom is 0.417 e. The molecule has 1 aliphatic heterocycles. The maximum atomic E-state index is 12.7. The zero-order valence-electron chi connectivity index (χ0n) is 11.7. The van der Waals surface area contributed by atoms with Gasteiger partial charge in [-0.15, -0.1) is 0 Å². The predicted molar refractivity (Wildman–Crippen MR) is 68.1 cm³/mol. The number of nitrogens with zero attached hydrogens (tertiary/aromatic N) is 3. The Hall–Kier alpha value is -1.08. The van der Waals surface area contributed by atoms with Crippen LogP contribution in [0.4, 0.5) is 13.2 Å². The van der Waals surface area contributed by atoms with Crippen LogP contribution in [0.25, 0.3) is 0 Å². The fraction of sp³-hybridized carbons (Fsp3) is 0.769. The molecule has 1 saturated heterocycles. The van der Waals surface area contributed by atoms with Gasteiger partial charge in [-0.2, -0.15) is 13.2 Å². The van der Waals surface area contributed by atoms with Gasteiger partial charge in [-0.25, -0.2) is 4.98 Å². The van der Waals surface area contributed by atoms with Crippen LogP contribution in [0.1, 0.15) is 38.6 Å². The van der Waals surface area contributed by atoms with Crippen LogP contribution in [0.5, 0.6) is 0 Å². The van der Waals surface area contributed by atoms with E-state index in [0.29, 0.717) is 6.54 Å². The van der Waals surface area contributed by atoms with Crippen LogP contribution in [0.15, 0.2) is 12.4 Å². The Bertz CT molecular complexity index is 448. The number of piperidine rings is 1. The van der Waals surface area contributed by atoms with Gasteiger partial charge in [-0.3, -0.25) is 4.90 Å². The highest BCUT2D eigenvalue weighted by Crippen LogP contribution is 2.38. The van der Waals surface area contributed by atoms with Gasteiger partial charge in [-0.05, 0) is 26.7 Å². The molecule has 0 aliphatic carbocycles. The average Bonchev–Trinajstić information content (AvgIpc) is 2.79. The van der Waals surface area contributed by atoms with Crippen molar-refractivity contribution in [3.63, 3.8) is 0 Å². The maximum absolute atomic E-state index is 12.7. The van der Waals surface area contributed by atoms with Crippen molar-refractivity contribution in [1.29, 1.82) is 0 Å². The molecular formula is C13H20F3N3O. The van der Waals surface area contributed by atoms with E-state index in [1.54, 1.807) is 6.20 Å². The Balaban J connectivity index is 1.97. The standard InChI is InChI=1S/C13H20F3N3O/c1-10(2)19-8-5-17-11(19)9-18-6-3-12(20,4-7-18)13(14,15)16/h5,8,10,20H,3-4,6-7,9H2,1-2H3. The molecule has 0 saturated carbocycles. The summed E-state index contributed by atoms with van der Waals surface area (Å²) in [6.07, 6.45) is -1.53. The van der Waals surface area contributed by atoms with E-state index in [-0.39, 0.29) is 32.0 Å². The lowest BCUT2D eigenvalue weighted by Crippen LogP contribution is -2.53. The molecular weight excluding hydrogens is 271 g/mol. The summed E-state index contributed by atoms with van der Waals surface area (Å²) in [5.74, 6) is 0.845. The van der Waals surface area contributed by atoms with E-state index in [1.165, 1.54) is 0 Å². The molecule has 0 amide bonds. The second kappa shape index (κ2) is 5.37. The van der Waals surface area contributed by atoms with Crippen molar-refractivity contribution in [2.45, 2.75) is 51.1 Å². The van der Waals surface area contributed by atoms with Crippen molar-refractivity contribution in [2.24, 2.45) is 0 Å². The van der Waals surface area contributed by atoms with Crippen LogP contribution in [0.3, 0.4) is 0 Å². The second-order valence-corrected chi connectivity index (χ2v) is 5.65. The van der Waals surface area contributed by atoms with Crippen molar-refractivity contribution >= 4 is 0 Å². The molecule has 0 spiro atoms. The Morgan fingerprint density at radius 1 is 1.35 bits per heavy atom. The third kappa shape index (κ3) is 2.98. The zero-order valence-corrected chi connectivity index (χ0v) is 11.7. The molecule has 1 aromatic heterocycles. The van der Waals surface area contributed by atoms with E-state index >= 15 is 0 Å². The first kappa shape index (κ1) is 15.3. The van der Waals surface area contributed by atoms with Crippen molar-refractivity contribution < 1.29 is 18.3 Å². The molecule has 1 N–H and O–H groups in total. The lowest BCUT2D eigenvalue weighted by atomic mass is 9.91. The summed E-state index contributed by atoms with van der Waals surface area (Å²) < 4.78 is 40.1. The Kier molecular flexibility index (Phi) is 4.11. The molecule has 0 unspecified atom stereocenters. The van der Waals surface area contributed by atoms with E-state index in [1.807, 2.05) is 29.5 Å². The van der Waals surface area contributed by atoms with Crippen LogP contribution >= 0.6 is 0 Å². The Labute approximate surface area is 116 Å². The Morgan fingerprint density at radius 2 is 1.95 bits per heavy atom. The minimum absolute atomic E-state index is 0.223. The van der Waals surface area contributed by atoms with Crippen molar-refractivity contribution in [2.75, 3.05) is 13.1 Å². The summed E-state index contributed by atoms with van der Waals surface area (Å²) in [7, 11) is 0. The van der Waals surface area contributed by atoms with Gasteiger partial charge < -0.3 is 9.67 Å². The summed E-state index contributed by atoms with van der Waals surface area (Å²) in [6.45, 7) is 5.02. The highest BCUT2D eigenvalue weighted by atomic mass is 19.4. The molecule has 0 bridgehead atoms. The zero-order chi connectivity index (χ0) is 15.0. The van der Waals surface area contributed by atoms with Gasteiger partial charge in [0.25, 0.3) is 0 Å². The van der Waals surface area contributed by atoms with Crippen LogP contribution in [0.2, 0.25) is 0 Å². The van der Waals surface area contributed by atoms with Crippen LogP contribution < -0.4 is 0 Å². The van der Waals surface area contributed by atoms with Gasteiger partial charge in [0.1, 0.15) is 5.82 Å². The number of likely N-dealkylation sites (tertiary alicyclic amines) is 1. The van der Waals surface area contributed by atoms with Crippen LogP contribution in [-0.2, 0) is 6.54 Å². The summed E-state index contributed by atoms with van der Waals surface area (Å²) in [6, 6.07) is 0.268. The van der Waals surface area contributed by atoms with E-state index in [0.717, 1.165) is 5.82 Å². The highest BCUT2D eigenvalue weighted by Gasteiger charge is 2.54. The molecule has 2 rings (SSSR count). The first-order chi connectivity index (χ1) is 9.23. The number of alkyl halides is 3. The minimum Gasteiger partial charge on any atom is -0.380 e. The number of imidazole rings is 1. The number of hydrogen-bond donors (Lipinski definition) is 1. The first-order valence-electron chi connectivity index (χ1n) is 6.76. The average molecular weight is 291 g/mol. The van der Waals surface area contributed by atoms with Gasteiger partial charge in [0, 0.05) is 31.5 Å². The van der Waals surface area contributed by atoms with Crippen molar-refractivity contribution in [3.8, 4) is 0 Å². The molecule has 0 aromatic carbocycles. The smallest absolute Gasteiger partial charge is 0.380 e. The molecule has 20 heavy (non-hydrogen) atoms. The number of aromatic nitrogens is 2. The molecule has 0 radical (unpaired) electrons. The van der Waals surface area contributed by atoms with Crippen LogP contribution in [-0.4, -0.2) is 44.4 Å². The van der Waals surface area contributed by atoms with Crippen molar-refractivity contribution in [3.05, 3.63) is 18.2 Å². The highest BCUT2D eigenvalue weighted by molar-refractivity contribution is 4.97. The van der Waals surface area contributed by atoms with E-state index < -0.39 is 11.8 Å². The summed E-state index contributed by atoms with van der Waals surface area (Å²) in [4.78, 5) is 6.16. The molecule has 4 nitrogen and oxygen atoms in total. The van der Waals surface area contributed by atoms with E-state index in [4.69, 9.17) is 0 Å². The van der Waals surface area contributed by atoms with E-state index in [2.05, 4.69) is 4.98 Å². The number of halogens is 3. The largest absolute Gasteiger partial charge is 0.417 e. The minimum atomic E-state index is -4.55. The third-order valence-corrected chi connectivity index (χ3v) is 3.88. The number of aliphatic hydroxyl groups is 1. The van der Waals surface area contributed by atoms with Gasteiger partial charge in [0.05, 0.1) is 6.54 Å². The van der Waals surface area contributed by atoms with Gasteiger partial charge in [0.15, 0.2) is 5.60 Å². The molecule has 114 valence electrons. The SMILES string of the molecule is CC(C)n1ccnc1CN1CCC(O)(C(F)(F)F)CC1. The topological polar surface area (TPSA) is 41.3 Å². The quantitative estimate of drug-likeness (QED) is 0.929. The fourth-order valence-electron chi connectivity index (χ4n) is 2.50. The van der Waals surface area contributed by atoms with Gasteiger partial charge >= 0.3 is 6.18 Å². The van der Waals surface area contributed by atoms with E-state index in [9.17, 15) is 18.3 Å². The second-order valence-electron chi connectivity index (χ2n) is 5.65. The van der Waals surface area contributed by atoms with Gasteiger partial charge in [0.2, 0.25) is 0 Å². The normalized spacial score (nSPS) is 20.6. The number of rotatable bonds is 3. The molecule has 2 heterocycles. The summed E-state index contributed by atoms with van der Waals surface area (Å²) >= 11 is 0. The first-order valence-corrected chi connectivity index (χ1v) is 6.76. The predicted octanol–water partition coefficient (Wildman–Crippen LogP) is 2.35. The number of hydrogen-bond acceptors (Lipinski definition) is 3. The summed E-state index contributed by atoms with van der Waals surface area (Å²) in [5, 5.41) is 9.62. The van der Waals surface area contributed by atoms with Crippen LogP contribution in [0, 0.1) is 0 Å². The third-order valence-electron chi connectivity index (χ3n) is 3.88. The Morgan fingerprint density at radius 3 is 2.45 bits per heavy atom.